The van der Waals surface area contributed by atoms with E-state index in [2.05, 4.69) is 42.9 Å². The van der Waals surface area contributed by atoms with Crippen LogP contribution in [0.15, 0.2) is 66.7 Å². The van der Waals surface area contributed by atoms with Crippen LogP contribution in [0.4, 0.5) is 0 Å². The first-order valence-electron chi connectivity index (χ1n) is 21.4. The number of aliphatic hydroxyl groups is 1. The van der Waals surface area contributed by atoms with Gasteiger partial charge in [0.1, 0.15) is 7.67 Å². The molecule has 48 heavy (non-hydrogen) atoms. The van der Waals surface area contributed by atoms with E-state index in [1.807, 2.05) is 39.8 Å². The Labute approximate surface area is 320 Å². The van der Waals surface area contributed by atoms with Crippen molar-refractivity contribution in [3.05, 3.63) is 78.3 Å². The van der Waals surface area contributed by atoms with Gasteiger partial charge < -0.3 is 5.11 Å². The standard InChI is InChI=1S/C28H29N2SSi.C13H24O2.Ir/c1-28(2,3)16-18-11-12-22-23(13-18)31-27-25(29-17-30-26(22)27)20-14-19-9-7-8-10-21(19)24(15-20)32(4,5)6;1-5-10(6-2)12(14)9-13(15)11(7-3)8-4;/h7-13,15,17H,16H2,1-6H3;9-11,14H,5-8H2,1-4H3;/q-1;;/b;12-9-;/i4D3,5D3,6D3,17D;;. The van der Waals surface area contributed by atoms with Gasteiger partial charge in [0.2, 0.25) is 0 Å². The predicted octanol–water partition coefficient (Wildman–Crippen LogP) is 11.5. The van der Waals surface area contributed by atoms with Gasteiger partial charge in [-0.25, -0.2) is 4.98 Å². The number of hydrogen-bond donors (Lipinski definition) is 1. The maximum Gasteiger partial charge on any atom is 0.162 e. The predicted molar refractivity (Wildman–Crippen MR) is 207 cm³/mol. The fraction of sp³-hybridized carbons (Fsp3) is 0.439. The number of aromatic nitrogens is 2. The first kappa shape index (κ1) is 27.1. The van der Waals surface area contributed by atoms with E-state index < -0.39 is 27.5 Å². The molecule has 2 heterocycles. The van der Waals surface area contributed by atoms with Gasteiger partial charge in [0.25, 0.3) is 0 Å². The van der Waals surface area contributed by atoms with E-state index in [9.17, 15) is 9.90 Å². The van der Waals surface area contributed by atoms with Gasteiger partial charge in [-0.2, -0.15) is 0 Å². The third kappa shape index (κ3) is 9.50. The van der Waals surface area contributed by atoms with Crippen LogP contribution in [0, 0.1) is 23.3 Å². The van der Waals surface area contributed by atoms with Crippen molar-refractivity contribution >= 4 is 61.5 Å². The molecule has 4 nitrogen and oxygen atoms in total. The van der Waals surface area contributed by atoms with Gasteiger partial charge in [0.15, 0.2) is 5.78 Å². The second kappa shape index (κ2) is 16.8. The minimum atomic E-state index is -5.36. The number of nitrogens with zero attached hydrogens (tertiary/aromatic N) is 2. The van der Waals surface area contributed by atoms with E-state index in [1.54, 1.807) is 18.2 Å². The molecule has 259 valence electrons. The Hall–Kier alpha value is -2.70. The molecule has 0 unspecified atom stereocenters. The molecule has 0 atom stereocenters. The zero-order valence-corrected chi connectivity index (χ0v) is 33.1. The molecule has 0 aliphatic heterocycles. The third-order valence-electron chi connectivity index (χ3n) is 8.52. The summed E-state index contributed by atoms with van der Waals surface area (Å²) in [6.07, 6.45) is 5.49. The van der Waals surface area contributed by atoms with Crippen molar-refractivity contribution in [1.82, 2.24) is 9.97 Å². The molecule has 0 amide bonds. The van der Waals surface area contributed by atoms with E-state index >= 15 is 0 Å². The summed E-state index contributed by atoms with van der Waals surface area (Å²) in [4.78, 5) is 20.5. The summed E-state index contributed by atoms with van der Waals surface area (Å²) in [7, 11) is -5.36. The third-order valence-corrected chi connectivity index (χ3v) is 10.9. The van der Waals surface area contributed by atoms with Crippen LogP contribution in [0.5, 0.6) is 0 Å². The summed E-state index contributed by atoms with van der Waals surface area (Å²) in [5.74, 6) is 0.547. The smallest absolute Gasteiger partial charge is 0.162 e. The Morgan fingerprint density at radius 1 is 0.979 bits per heavy atom. The number of benzene rings is 3. The van der Waals surface area contributed by atoms with E-state index in [1.165, 1.54) is 29.5 Å². The number of carbonyl (C=O) groups excluding carboxylic acids is 1. The first-order chi connectivity index (χ1) is 26.3. The Kier molecular flexibility index (Phi) is 9.48. The summed E-state index contributed by atoms with van der Waals surface area (Å²) in [6, 6.07) is 17.1. The number of thiophene rings is 1. The number of allylic oxidation sites excluding steroid dienone is 2. The number of aliphatic hydroxyl groups excluding tert-OH is 1. The van der Waals surface area contributed by atoms with Crippen molar-refractivity contribution in [3.8, 4) is 11.3 Å². The topological polar surface area (TPSA) is 63.1 Å². The van der Waals surface area contributed by atoms with Crippen LogP contribution in [0.1, 0.15) is 93.4 Å². The van der Waals surface area contributed by atoms with Gasteiger partial charge in [0, 0.05) is 70.8 Å². The van der Waals surface area contributed by atoms with E-state index in [0.29, 0.717) is 15.6 Å². The molecule has 0 aliphatic carbocycles. The van der Waals surface area contributed by atoms with Gasteiger partial charge in [-0.15, -0.1) is 40.1 Å². The molecule has 0 fully saturated rings. The minimum Gasteiger partial charge on any atom is -0.512 e. The average molecular weight is 868 g/mol. The maximum absolute atomic E-state index is 11.7. The van der Waals surface area contributed by atoms with Crippen molar-refractivity contribution in [1.29, 1.82) is 0 Å². The van der Waals surface area contributed by atoms with Crippen LogP contribution in [-0.4, -0.2) is 28.9 Å². The molecule has 1 N–H and O–H groups in total. The van der Waals surface area contributed by atoms with Gasteiger partial charge in [-0.1, -0.05) is 109 Å². The fourth-order valence-corrected chi connectivity index (χ4v) is 8.12. The van der Waals surface area contributed by atoms with Crippen molar-refractivity contribution in [2.24, 2.45) is 17.3 Å². The van der Waals surface area contributed by atoms with Crippen molar-refractivity contribution < 1.29 is 43.7 Å². The van der Waals surface area contributed by atoms with Gasteiger partial charge in [0.05, 0.1) is 19.3 Å². The Bertz CT molecular complexity index is 2220. The first-order valence-corrected chi connectivity index (χ1v) is 19.3. The molecule has 1 radical (unpaired) electrons. The number of fused-ring (bicyclic) bond motifs is 4. The summed E-state index contributed by atoms with van der Waals surface area (Å²) >= 11 is 1.42. The summed E-state index contributed by atoms with van der Waals surface area (Å²) in [5, 5.41) is 11.0. The van der Waals surface area contributed by atoms with E-state index in [-0.39, 0.29) is 77.0 Å². The SMILES string of the molecule is CCC(CC)C(=O)/C=C(\O)C(CC)CC.[2H]c1nc(-c2[c-]c3ccccc3c([Si](C([2H])([2H])[2H])(C([2H])([2H])[2H])C([2H])([2H])[2H])c2)c2sc3cc(CC(C)(C)C)ccc3c2n1.[Ir]. The van der Waals surface area contributed by atoms with Gasteiger partial charge in [-0.05, 0) is 49.1 Å². The Morgan fingerprint density at radius 2 is 1.65 bits per heavy atom. The molecule has 0 saturated carbocycles. The molecular weight excluding hydrogens is 805 g/mol. The minimum absolute atomic E-state index is 0. The van der Waals surface area contributed by atoms with Crippen LogP contribution in [0.3, 0.4) is 0 Å². The zero-order valence-electron chi connectivity index (χ0n) is 38.9. The molecule has 5 aromatic rings. The van der Waals surface area contributed by atoms with Crippen LogP contribution in [-0.2, 0) is 31.3 Å². The number of rotatable bonds is 10. The Morgan fingerprint density at radius 3 is 2.27 bits per heavy atom. The van der Waals surface area contributed by atoms with E-state index in [0.717, 1.165) is 47.8 Å². The summed E-state index contributed by atoms with van der Waals surface area (Å²) < 4.78 is 85.3. The second-order valence-electron chi connectivity index (χ2n) is 13.4. The molecule has 3 aromatic carbocycles. The Balaban J connectivity index is 0.000000480. The maximum atomic E-state index is 11.7. The average Bonchev–Trinajstić information content (AvgIpc) is 3.44. The van der Waals surface area contributed by atoms with Gasteiger partial charge >= 0.3 is 0 Å². The molecule has 0 spiro atoms. The number of ketones is 1. The monoisotopic (exact) mass is 868 g/mol. The summed E-state index contributed by atoms with van der Waals surface area (Å²) in [5.41, 5.74) is 2.26. The number of carbonyl (C=O) groups is 1. The molecule has 0 aliphatic rings. The van der Waals surface area contributed by atoms with Crippen molar-refractivity contribution in [3.63, 3.8) is 0 Å². The van der Waals surface area contributed by atoms with Gasteiger partial charge in [-0.3, -0.25) is 9.78 Å². The van der Waals surface area contributed by atoms with E-state index in [4.69, 9.17) is 13.7 Å². The molecule has 7 heteroatoms. The van der Waals surface area contributed by atoms with Crippen molar-refractivity contribution in [2.45, 2.75) is 100.0 Å². The zero-order chi connectivity index (χ0) is 42.9. The molecule has 2 aromatic heterocycles. The van der Waals surface area contributed by atoms with Crippen LogP contribution >= 0.6 is 11.3 Å². The molecule has 0 bridgehead atoms. The quantitative estimate of drug-likeness (QED) is 0.0657. The molecule has 0 saturated heterocycles. The fourth-order valence-electron chi connectivity index (χ4n) is 5.93. The molecular formula is C41H53IrN2O2SSi-. The second-order valence-corrected chi connectivity index (χ2v) is 16.5. The number of hydrogen-bond acceptors (Lipinski definition) is 5. The van der Waals surface area contributed by atoms with Crippen LogP contribution in [0.25, 0.3) is 42.3 Å². The van der Waals surface area contributed by atoms with Crippen molar-refractivity contribution in [2.75, 3.05) is 0 Å². The summed E-state index contributed by atoms with van der Waals surface area (Å²) in [6.45, 7) is 4.65. The largest absolute Gasteiger partial charge is 0.512 e. The molecule has 5 rings (SSSR count). The van der Waals surface area contributed by atoms with Crippen LogP contribution in [0.2, 0.25) is 19.4 Å². The van der Waals surface area contributed by atoms with Crippen LogP contribution < -0.4 is 5.19 Å². The normalized spacial score (nSPS) is 16.3.